The summed E-state index contributed by atoms with van der Waals surface area (Å²) < 4.78 is 1.87. The number of rotatable bonds is 5. The van der Waals surface area contributed by atoms with Gasteiger partial charge in [0.25, 0.3) is 0 Å². The van der Waals surface area contributed by atoms with Crippen LogP contribution in [0.2, 0.25) is 5.02 Å². The zero-order chi connectivity index (χ0) is 18.4. The summed E-state index contributed by atoms with van der Waals surface area (Å²) in [4.78, 5) is 16.2. The number of nitriles is 1. The lowest BCUT2D eigenvalue weighted by atomic mass is 10.1. The monoisotopic (exact) mass is 362 g/mol. The quantitative estimate of drug-likeness (QED) is 0.694. The van der Waals surface area contributed by atoms with E-state index >= 15 is 0 Å². The van der Waals surface area contributed by atoms with Crippen molar-refractivity contribution in [1.82, 2.24) is 9.55 Å². The number of anilines is 1. The highest BCUT2D eigenvalue weighted by Crippen LogP contribution is 2.13. The predicted octanol–water partition coefficient (Wildman–Crippen LogP) is 4.11. The molecule has 3 rings (SSSR count). The Hall–Kier alpha value is -3.36. The first kappa shape index (κ1) is 17.5. The number of carbonyl (C=O) groups excluding carboxylic acids is 1. The highest BCUT2D eigenvalue weighted by Gasteiger charge is 2.03. The second-order valence-corrected chi connectivity index (χ2v) is 6.05. The van der Waals surface area contributed by atoms with Crippen LogP contribution in [0.15, 0.2) is 67.1 Å². The SMILES string of the molecule is N#Cc1ccc(/C=C/C(=O)Nc2cn(Cc3cccc(Cl)c3)cn2)cc1. The molecule has 0 radical (unpaired) electrons. The number of carbonyl (C=O) groups is 1. The molecule has 0 unspecified atom stereocenters. The Kier molecular flexibility index (Phi) is 5.47. The third kappa shape index (κ3) is 4.82. The third-order valence-corrected chi connectivity index (χ3v) is 3.84. The van der Waals surface area contributed by atoms with Crippen molar-refractivity contribution >= 4 is 29.4 Å². The molecule has 0 aliphatic heterocycles. The first-order valence-corrected chi connectivity index (χ1v) is 8.25. The van der Waals surface area contributed by atoms with Gasteiger partial charge >= 0.3 is 0 Å². The minimum Gasteiger partial charge on any atom is -0.331 e. The molecule has 1 amide bonds. The second kappa shape index (κ2) is 8.15. The van der Waals surface area contributed by atoms with Crippen molar-refractivity contribution in [2.75, 3.05) is 5.32 Å². The lowest BCUT2D eigenvalue weighted by Crippen LogP contribution is -2.08. The van der Waals surface area contributed by atoms with E-state index in [1.54, 1.807) is 42.9 Å². The first-order valence-electron chi connectivity index (χ1n) is 7.88. The van der Waals surface area contributed by atoms with Gasteiger partial charge in [-0.25, -0.2) is 4.98 Å². The largest absolute Gasteiger partial charge is 0.331 e. The van der Waals surface area contributed by atoms with Crippen molar-refractivity contribution in [3.63, 3.8) is 0 Å². The zero-order valence-corrected chi connectivity index (χ0v) is 14.5. The molecule has 0 saturated heterocycles. The van der Waals surface area contributed by atoms with Gasteiger partial charge in [-0.1, -0.05) is 35.9 Å². The van der Waals surface area contributed by atoms with Crippen molar-refractivity contribution in [2.24, 2.45) is 0 Å². The number of aromatic nitrogens is 2. The lowest BCUT2D eigenvalue weighted by molar-refractivity contribution is -0.111. The minimum atomic E-state index is -0.276. The molecule has 0 spiro atoms. The standard InChI is InChI=1S/C20H15ClN4O/c21-18-3-1-2-17(10-18)12-25-13-19(23-14-25)24-20(26)9-8-15-4-6-16(11-22)7-5-15/h1-10,13-14H,12H2,(H,24,26)/b9-8+. The smallest absolute Gasteiger partial charge is 0.249 e. The number of imidazole rings is 1. The average molecular weight is 363 g/mol. The Balaban J connectivity index is 1.58. The summed E-state index contributed by atoms with van der Waals surface area (Å²) in [5.41, 5.74) is 2.47. The van der Waals surface area contributed by atoms with Crippen LogP contribution in [0.3, 0.4) is 0 Å². The number of amides is 1. The highest BCUT2D eigenvalue weighted by molar-refractivity contribution is 6.30. The van der Waals surface area contributed by atoms with Crippen LogP contribution in [-0.4, -0.2) is 15.5 Å². The van der Waals surface area contributed by atoms with E-state index in [1.807, 2.05) is 28.8 Å². The predicted molar refractivity (Wildman–Crippen MR) is 102 cm³/mol. The van der Waals surface area contributed by atoms with Gasteiger partial charge in [0.2, 0.25) is 5.91 Å². The van der Waals surface area contributed by atoms with Crippen molar-refractivity contribution in [1.29, 1.82) is 5.26 Å². The number of nitrogens with one attached hydrogen (secondary N) is 1. The number of hydrogen-bond acceptors (Lipinski definition) is 3. The van der Waals surface area contributed by atoms with Crippen LogP contribution in [0.5, 0.6) is 0 Å². The minimum absolute atomic E-state index is 0.276. The molecular weight excluding hydrogens is 348 g/mol. The fourth-order valence-electron chi connectivity index (χ4n) is 2.37. The Morgan fingerprint density at radius 2 is 2.08 bits per heavy atom. The molecule has 0 atom stereocenters. The summed E-state index contributed by atoms with van der Waals surface area (Å²) in [5.74, 6) is 0.198. The summed E-state index contributed by atoms with van der Waals surface area (Å²) >= 11 is 5.98. The Morgan fingerprint density at radius 1 is 1.27 bits per heavy atom. The molecule has 1 aromatic heterocycles. The van der Waals surface area contributed by atoms with E-state index in [0.717, 1.165) is 11.1 Å². The molecule has 0 aliphatic carbocycles. The molecule has 5 nitrogen and oxygen atoms in total. The Morgan fingerprint density at radius 3 is 2.81 bits per heavy atom. The number of benzene rings is 2. The molecule has 0 aliphatic rings. The first-order chi connectivity index (χ1) is 12.6. The third-order valence-electron chi connectivity index (χ3n) is 3.61. The summed E-state index contributed by atoms with van der Waals surface area (Å²) in [7, 11) is 0. The van der Waals surface area contributed by atoms with E-state index in [9.17, 15) is 4.79 Å². The van der Waals surface area contributed by atoms with E-state index in [-0.39, 0.29) is 5.91 Å². The van der Waals surface area contributed by atoms with Crippen LogP contribution < -0.4 is 5.32 Å². The van der Waals surface area contributed by atoms with Gasteiger partial charge in [-0.3, -0.25) is 4.79 Å². The summed E-state index contributed by atoms with van der Waals surface area (Å²) in [5, 5.41) is 12.2. The molecule has 1 N–H and O–H groups in total. The Labute approximate surface area is 156 Å². The van der Waals surface area contributed by atoms with Crippen LogP contribution in [0.4, 0.5) is 5.82 Å². The van der Waals surface area contributed by atoms with Crippen LogP contribution in [-0.2, 0) is 11.3 Å². The molecule has 3 aromatic rings. The summed E-state index contributed by atoms with van der Waals surface area (Å²) in [6, 6.07) is 16.6. The molecule has 6 heteroatoms. The number of halogens is 1. The maximum absolute atomic E-state index is 12.0. The number of hydrogen-bond donors (Lipinski definition) is 1. The van der Waals surface area contributed by atoms with Crippen LogP contribution >= 0.6 is 11.6 Å². The highest BCUT2D eigenvalue weighted by atomic mass is 35.5. The van der Waals surface area contributed by atoms with Gasteiger partial charge in [0.05, 0.1) is 18.0 Å². The van der Waals surface area contributed by atoms with Gasteiger partial charge < -0.3 is 9.88 Å². The van der Waals surface area contributed by atoms with E-state index < -0.39 is 0 Å². The van der Waals surface area contributed by atoms with Crippen LogP contribution in [0.25, 0.3) is 6.08 Å². The average Bonchev–Trinajstić information content (AvgIpc) is 3.07. The molecular formula is C20H15ClN4O. The second-order valence-electron chi connectivity index (χ2n) is 5.62. The van der Waals surface area contributed by atoms with Crippen LogP contribution in [0.1, 0.15) is 16.7 Å². The van der Waals surface area contributed by atoms with Gasteiger partial charge in [-0.2, -0.15) is 5.26 Å². The van der Waals surface area contributed by atoms with Crippen molar-refractivity contribution in [3.05, 3.63) is 88.8 Å². The fraction of sp³-hybridized carbons (Fsp3) is 0.0500. The topological polar surface area (TPSA) is 70.7 Å². The summed E-state index contributed by atoms with van der Waals surface area (Å²) in [6.07, 6.45) is 6.52. The molecule has 26 heavy (non-hydrogen) atoms. The van der Waals surface area contributed by atoms with E-state index in [2.05, 4.69) is 16.4 Å². The molecule has 0 saturated carbocycles. The van der Waals surface area contributed by atoms with Crippen molar-refractivity contribution < 1.29 is 4.79 Å². The number of nitrogens with zero attached hydrogens (tertiary/aromatic N) is 3. The van der Waals surface area contributed by atoms with E-state index in [4.69, 9.17) is 16.9 Å². The van der Waals surface area contributed by atoms with Gasteiger partial charge in [0.15, 0.2) is 5.82 Å². The van der Waals surface area contributed by atoms with Crippen LogP contribution in [0, 0.1) is 11.3 Å². The van der Waals surface area contributed by atoms with Gasteiger partial charge in [0.1, 0.15) is 0 Å². The maximum Gasteiger partial charge on any atom is 0.249 e. The van der Waals surface area contributed by atoms with Crippen molar-refractivity contribution in [3.8, 4) is 6.07 Å². The maximum atomic E-state index is 12.0. The van der Waals surface area contributed by atoms with Gasteiger partial charge in [-0.05, 0) is 41.5 Å². The fourth-order valence-corrected chi connectivity index (χ4v) is 2.58. The lowest BCUT2D eigenvalue weighted by Gasteiger charge is -2.02. The molecule has 0 fully saturated rings. The molecule has 128 valence electrons. The van der Waals surface area contributed by atoms with E-state index in [0.29, 0.717) is 22.9 Å². The normalized spacial score (nSPS) is 10.6. The Bertz CT molecular complexity index is 984. The van der Waals surface area contributed by atoms with Crippen molar-refractivity contribution in [2.45, 2.75) is 6.54 Å². The van der Waals surface area contributed by atoms with Gasteiger partial charge in [-0.15, -0.1) is 0 Å². The van der Waals surface area contributed by atoms with E-state index in [1.165, 1.54) is 6.08 Å². The molecule has 0 bridgehead atoms. The summed E-state index contributed by atoms with van der Waals surface area (Å²) in [6.45, 7) is 0.616. The zero-order valence-electron chi connectivity index (χ0n) is 13.8. The molecule has 1 heterocycles. The molecule has 2 aromatic carbocycles. The van der Waals surface area contributed by atoms with Gasteiger partial charge in [0, 0.05) is 23.8 Å².